The van der Waals surface area contributed by atoms with Crippen molar-refractivity contribution in [2.24, 2.45) is 0 Å². The van der Waals surface area contributed by atoms with Crippen molar-refractivity contribution in [3.8, 4) is 0 Å². The smallest absolute Gasteiger partial charge is 0.215 e. The summed E-state index contributed by atoms with van der Waals surface area (Å²) in [6.45, 7) is 0.713. The third kappa shape index (κ3) is 6.46. The molecule has 0 spiro atoms. The van der Waals surface area contributed by atoms with Gasteiger partial charge in [0.2, 0.25) is 20.0 Å². The van der Waals surface area contributed by atoms with Crippen LogP contribution < -0.4 is 9.44 Å². The minimum Gasteiger partial charge on any atom is -0.385 e. The van der Waals surface area contributed by atoms with Crippen LogP contribution in [0, 0.1) is 0 Å². The second-order valence-corrected chi connectivity index (χ2v) is 10.2. The van der Waals surface area contributed by atoms with Gasteiger partial charge in [-0.25, -0.2) is 26.3 Å². The second-order valence-electron chi connectivity index (χ2n) is 5.32. The minimum absolute atomic E-state index is 0.0858. The Kier molecular flexibility index (Phi) is 7.84. The number of nitrogens with one attached hydrogen (secondary N) is 2. The van der Waals surface area contributed by atoms with E-state index in [9.17, 15) is 16.8 Å². The molecule has 0 saturated heterocycles. The van der Waals surface area contributed by atoms with Crippen LogP contribution in [0.3, 0.4) is 0 Å². The van der Waals surface area contributed by atoms with Gasteiger partial charge in [-0.2, -0.15) is 0 Å². The zero-order chi connectivity index (χ0) is 17.0. The van der Waals surface area contributed by atoms with E-state index in [4.69, 9.17) is 27.9 Å². The summed E-state index contributed by atoms with van der Waals surface area (Å²) in [4.78, 5) is 0. The van der Waals surface area contributed by atoms with Crippen LogP contribution in [-0.4, -0.2) is 65.4 Å². The lowest BCUT2D eigenvalue weighted by Crippen LogP contribution is -2.53. The fourth-order valence-electron chi connectivity index (χ4n) is 2.33. The molecule has 0 aromatic rings. The van der Waals surface area contributed by atoms with Crippen LogP contribution in [-0.2, 0) is 24.8 Å². The number of rotatable bonds is 8. The Morgan fingerprint density at radius 1 is 1.14 bits per heavy atom. The average molecular weight is 397 g/mol. The van der Waals surface area contributed by atoms with E-state index in [1.165, 1.54) is 7.11 Å². The summed E-state index contributed by atoms with van der Waals surface area (Å²) in [5, 5.41) is -2.20. The van der Waals surface area contributed by atoms with Gasteiger partial charge in [-0.3, -0.25) is 0 Å². The predicted molar refractivity (Wildman–Crippen MR) is 87.5 cm³/mol. The van der Waals surface area contributed by atoms with Crippen LogP contribution in [0.4, 0.5) is 0 Å². The van der Waals surface area contributed by atoms with E-state index in [1.807, 2.05) is 0 Å². The van der Waals surface area contributed by atoms with Gasteiger partial charge in [0, 0.05) is 26.3 Å². The summed E-state index contributed by atoms with van der Waals surface area (Å²) in [5.74, 6) is 0. The van der Waals surface area contributed by atoms with Crippen molar-refractivity contribution < 1.29 is 21.6 Å². The molecule has 11 heteroatoms. The van der Waals surface area contributed by atoms with Crippen molar-refractivity contribution >= 4 is 43.2 Å². The van der Waals surface area contributed by atoms with E-state index >= 15 is 0 Å². The normalized spacial score (nSPS) is 30.4. The lowest BCUT2D eigenvalue weighted by Gasteiger charge is -2.35. The third-order valence-electron chi connectivity index (χ3n) is 3.37. The van der Waals surface area contributed by atoms with Gasteiger partial charge >= 0.3 is 0 Å². The van der Waals surface area contributed by atoms with Crippen molar-refractivity contribution in [2.75, 3.05) is 26.5 Å². The first kappa shape index (κ1) is 20.4. The molecule has 7 nitrogen and oxygen atoms in total. The molecule has 1 rings (SSSR count). The van der Waals surface area contributed by atoms with Crippen LogP contribution in [0.5, 0.6) is 0 Å². The molecular formula is C11H22Cl2N2O5S2. The van der Waals surface area contributed by atoms with Crippen LogP contribution in [0.25, 0.3) is 0 Å². The molecule has 1 aliphatic carbocycles. The topological polar surface area (TPSA) is 102 Å². The Morgan fingerprint density at radius 3 is 2.32 bits per heavy atom. The minimum atomic E-state index is -3.61. The van der Waals surface area contributed by atoms with Crippen molar-refractivity contribution in [1.29, 1.82) is 0 Å². The summed E-state index contributed by atoms with van der Waals surface area (Å²) in [7, 11) is -5.50. The highest BCUT2D eigenvalue weighted by atomic mass is 35.5. The van der Waals surface area contributed by atoms with Gasteiger partial charge in [-0.1, -0.05) is 0 Å². The predicted octanol–water partition coefficient (Wildman–Crippen LogP) is 0.237. The molecule has 4 unspecified atom stereocenters. The zero-order valence-electron chi connectivity index (χ0n) is 12.5. The second kappa shape index (κ2) is 8.46. The standard InChI is InChI=1S/C11H22Cl2N2O5S2/c1-20-5-3-4-14-22(18,19)11-7-8(12)10(6-9(11)13)15-21(2,16)17/h8-11,14-15H,3-7H2,1-2H3. The summed E-state index contributed by atoms with van der Waals surface area (Å²) in [6.07, 6.45) is 1.83. The van der Waals surface area contributed by atoms with Crippen LogP contribution in [0.1, 0.15) is 19.3 Å². The maximum atomic E-state index is 12.3. The molecule has 1 aliphatic rings. The summed E-state index contributed by atoms with van der Waals surface area (Å²) in [5.41, 5.74) is 0. The molecule has 0 aromatic carbocycles. The van der Waals surface area contributed by atoms with E-state index in [-0.39, 0.29) is 19.4 Å². The average Bonchev–Trinajstić information content (AvgIpc) is 2.37. The molecule has 0 amide bonds. The number of hydrogen-bond donors (Lipinski definition) is 2. The van der Waals surface area contributed by atoms with Crippen molar-refractivity contribution in [3.63, 3.8) is 0 Å². The summed E-state index contributed by atoms with van der Waals surface area (Å²) < 4.78 is 56.8. The molecule has 0 aliphatic heterocycles. The fourth-order valence-corrected chi connectivity index (χ4v) is 5.99. The maximum Gasteiger partial charge on any atom is 0.215 e. The molecule has 0 radical (unpaired) electrons. The highest BCUT2D eigenvalue weighted by Gasteiger charge is 2.42. The molecule has 0 heterocycles. The molecular weight excluding hydrogens is 375 g/mol. The largest absolute Gasteiger partial charge is 0.385 e. The first-order valence-electron chi connectivity index (χ1n) is 6.79. The van der Waals surface area contributed by atoms with Gasteiger partial charge in [0.25, 0.3) is 0 Å². The fraction of sp³-hybridized carbons (Fsp3) is 1.00. The molecule has 0 aromatic heterocycles. The molecule has 2 N–H and O–H groups in total. The molecule has 22 heavy (non-hydrogen) atoms. The third-order valence-corrected chi connectivity index (χ3v) is 7.14. The van der Waals surface area contributed by atoms with Gasteiger partial charge in [0.1, 0.15) is 0 Å². The van der Waals surface area contributed by atoms with E-state index < -0.39 is 42.1 Å². The number of hydrogen-bond acceptors (Lipinski definition) is 5. The van der Waals surface area contributed by atoms with Crippen molar-refractivity contribution in [1.82, 2.24) is 9.44 Å². The lowest BCUT2D eigenvalue weighted by molar-refractivity contribution is 0.196. The molecule has 4 atom stereocenters. The Morgan fingerprint density at radius 2 is 1.77 bits per heavy atom. The summed E-state index contributed by atoms with van der Waals surface area (Å²) >= 11 is 12.3. The van der Waals surface area contributed by atoms with E-state index in [1.54, 1.807) is 0 Å². The Balaban J connectivity index is 2.67. The first-order valence-corrected chi connectivity index (χ1v) is 11.1. The van der Waals surface area contributed by atoms with Crippen molar-refractivity contribution in [2.45, 2.75) is 41.3 Å². The number of sulfonamides is 2. The maximum absolute atomic E-state index is 12.3. The van der Waals surface area contributed by atoms with E-state index in [0.717, 1.165) is 6.26 Å². The first-order chi connectivity index (χ1) is 10.1. The molecule has 1 saturated carbocycles. The number of alkyl halides is 2. The number of halogens is 2. The Hall–Kier alpha value is 0.360. The molecule has 0 bridgehead atoms. The number of methoxy groups -OCH3 is 1. The van der Waals surface area contributed by atoms with E-state index in [2.05, 4.69) is 9.44 Å². The highest BCUT2D eigenvalue weighted by molar-refractivity contribution is 7.90. The van der Waals surface area contributed by atoms with Gasteiger partial charge in [-0.05, 0) is 19.3 Å². The Bertz CT molecular complexity index is 555. The summed E-state index contributed by atoms with van der Waals surface area (Å²) in [6, 6.07) is -0.570. The van der Waals surface area contributed by atoms with Gasteiger partial charge < -0.3 is 4.74 Å². The van der Waals surface area contributed by atoms with Crippen LogP contribution in [0.15, 0.2) is 0 Å². The zero-order valence-corrected chi connectivity index (χ0v) is 15.6. The van der Waals surface area contributed by atoms with Crippen molar-refractivity contribution in [3.05, 3.63) is 0 Å². The SMILES string of the molecule is COCCCNS(=O)(=O)C1CC(Cl)C(NS(C)(=O)=O)CC1Cl. The van der Waals surface area contributed by atoms with E-state index in [0.29, 0.717) is 13.0 Å². The van der Waals surface area contributed by atoms with Gasteiger partial charge in [0.05, 0.1) is 22.3 Å². The van der Waals surface area contributed by atoms with Crippen LogP contribution >= 0.6 is 23.2 Å². The van der Waals surface area contributed by atoms with Gasteiger partial charge in [0.15, 0.2) is 0 Å². The molecule has 1 fully saturated rings. The molecule has 132 valence electrons. The Labute approximate surface area is 142 Å². The van der Waals surface area contributed by atoms with Crippen LogP contribution in [0.2, 0.25) is 0 Å². The highest BCUT2D eigenvalue weighted by Crippen LogP contribution is 2.31. The quantitative estimate of drug-likeness (QED) is 0.451. The monoisotopic (exact) mass is 396 g/mol. The number of ether oxygens (including phenoxy) is 1. The van der Waals surface area contributed by atoms with Gasteiger partial charge in [-0.15, -0.1) is 23.2 Å². The lowest BCUT2D eigenvalue weighted by atomic mass is 9.95.